The smallest absolute Gasteiger partial charge is 0.407 e. The lowest BCUT2D eigenvalue weighted by atomic mass is 10.2. The topological polar surface area (TPSA) is 99.6 Å². The molecule has 1 N–H and O–H groups in total. The van der Waals surface area contributed by atoms with E-state index in [1.165, 1.54) is 13.4 Å². The van der Waals surface area contributed by atoms with Crippen LogP contribution in [0.2, 0.25) is 5.02 Å². The highest BCUT2D eigenvalue weighted by atomic mass is 79.9. The highest BCUT2D eigenvalue weighted by Crippen LogP contribution is 2.44. The van der Waals surface area contributed by atoms with Crippen molar-refractivity contribution in [1.82, 2.24) is 15.3 Å². The predicted molar refractivity (Wildman–Crippen MR) is 119 cm³/mol. The summed E-state index contributed by atoms with van der Waals surface area (Å²) in [4.78, 5) is 21.9. The number of carbonyl (C=O) groups is 1. The molecule has 1 aromatic heterocycles. The summed E-state index contributed by atoms with van der Waals surface area (Å²) in [5, 5.41) is 2.86. The van der Waals surface area contributed by atoms with Crippen LogP contribution in [0.1, 0.15) is 20.8 Å². The molecule has 0 aliphatic carbocycles. The second-order valence-electron chi connectivity index (χ2n) is 7.33. The summed E-state index contributed by atoms with van der Waals surface area (Å²) in [6, 6.07) is 0. The number of nitrogens with zero attached hydrogens (tertiary/aromatic N) is 3. The Labute approximate surface area is 190 Å². The van der Waals surface area contributed by atoms with Crippen molar-refractivity contribution in [2.75, 3.05) is 38.4 Å². The summed E-state index contributed by atoms with van der Waals surface area (Å²) in [6.45, 7) is 5.80. The van der Waals surface area contributed by atoms with Gasteiger partial charge in [0.25, 0.3) is 0 Å². The number of alkyl carbamates (subject to hydrolysis) is 1. The molecule has 2 aromatic rings. The lowest BCUT2D eigenvalue weighted by Gasteiger charge is -2.23. The number of likely N-dealkylation sites (N-methyl/N-ethyl adjacent to an activating group) is 1. The third-order valence-corrected chi connectivity index (χ3v) is 5.86. The van der Waals surface area contributed by atoms with E-state index < -0.39 is 28.7 Å². The maximum absolute atomic E-state index is 14.9. The van der Waals surface area contributed by atoms with Crippen LogP contribution in [-0.4, -0.2) is 59.7 Å². The van der Waals surface area contributed by atoms with Crippen molar-refractivity contribution in [2.24, 2.45) is 0 Å². The third kappa shape index (κ3) is 5.57. The van der Waals surface area contributed by atoms with Crippen molar-refractivity contribution in [1.29, 1.82) is 0 Å². The van der Waals surface area contributed by atoms with E-state index in [2.05, 4.69) is 31.2 Å². The predicted octanol–water partition coefficient (Wildman–Crippen LogP) is 3.89. The minimum atomic E-state index is -1.56. The van der Waals surface area contributed by atoms with Crippen LogP contribution in [0.3, 0.4) is 0 Å². The van der Waals surface area contributed by atoms with Gasteiger partial charge in [-0.3, -0.25) is 0 Å². The first-order valence-corrected chi connectivity index (χ1v) is 11.5. The fraction of sp³-hybridized carbons (Fsp3) is 0.500. The molecule has 30 heavy (non-hydrogen) atoms. The Kier molecular flexibility index (Phi) is 8.00. The molecule has 0 aliphatic heterocycles. The third-order valence-electron chi connectivity index (χ3n) is 3.83. The number of hydrogen-bond acceptors (Lipinski definition) is 7. The number of ether oxygens (including phenoxy) is 2. The van der Waals surface area contributed by atoms with Gasteiger partial charge in [0.2, 0.25) is 0 Å². The summed E-state index contributed by atoms with van der Waals surface area (Å²) in [7, 11) is 3.08. The fourth-order valence-electron chi connectivity index (χ4n) is 2.55. The zero-order valence-electron chi connectivity index (χ0n) is 17.4. The number of aromatic nitrogens is 2. The quantitative estimate of drug-likeness (QED) is 0.347. The van der Waals surface area contributed by atoms with Crippen molar-refractivity contribution >= 4 is 61.5 Å². The first-order chi connectivity index (χ1) is 13.9. The zero-order chi connectivity index (χ0) is 22.8. The Hall–Kier alpha value is -1.56. The van der Waals surface area contributed by atoms with Crippen LogP contribution in [0.5, 0.6) is 5.75 Å². The number of carbonyl (C=O) groups excluding carboxylic acids is 1. The molecule has 1 unspecified atom stereocenters. The summed E-state index contributed by atoms with van der Waals surface area (Å²) in [6.07, 6.45) is 0.837. The zero-order valence-corrected chi connectivity index (χ0v) is 20.6. The van der Waals surface area contributed by atoms with E-state index in [1.54, 1.807) is 32.7 Å². The van der Waals surface area contributed by atoms with Gasteiger partial charge in [-0.05, 0) is 36.7 Å². The van der Waals surface area contributed by atoms with Gasteiger partial charge in [0.1, 0.15) is 28.2 Å². The number of fused-ring (bicyclic) bond motifs is 1. The maximum Gasteiger partial charge on any atom is 0.407 e. The van der Waals surface area contributed by atoms with Crippen LogP contribution >= 0.6 is 27.5 Å². The van der Waals surface area contributed by atoms with Gasteiger partial charge in [-0.2, -0.15) is 9.97 Å². The highest BCUT2D eigenvalue weighted by molar-refractivity contribution is 9.10. The Morgan fingerprint density at radius 1 is 1.40 bits per heavy atom. The minimum absolute atomic E-state index is 0.0137. The minimum Gasteiger partial charge on any atom is -0.609 e. The van der Waals surface area contributed by atoms with Gasteiger partial charge >= 0.3 is 11.2 Å². The normalized spacial score (nSPS) is 12.6. The first-order valence-electron chi connectivity index (χ1n) is 8.81. The Morgan fingerprint density at radius 3 is 2.57 bits per heavy atom. The van der Waals surface area contributed by atoms with Crippen LogP contribution < -0.4 is 15.0 Å². The number of rotatable bonds is 6. The van der Waals surface area contributed by atoms with Crippen molar-refractivity contribution in [2.45, 2.75) is 31.5 Å². The monoisotopic (exact) mass is 524 g/mol. The van der Waals surface area contributed by atoms with Gasteiger partial charge in [-0.1, -0.05) is 11.6 Å². The van der Waals surface area contributed by atoms with Crippen molar-refractivity contribution in [3.8, 4) is 5.75 Å². The summed E-state index contributed by atoms with van der Waals surface area (Å²) in [5.41, 5.74) is -0.696. The average Bonchev–Trinajstić information content (AvgIpc) is 2.64. The van der Waals surface area contributed by atoms with Gasteiger partial charge in [0, 0.05) is 31.3 Å². The largest absolute Gasteiger partial charge is 0.609 e. The van der Waals surface area contributed by atoms with E-state index in [-0.39, 0.29) is 43.7 Å². The summed E-state index contributed by atoms with van der Waals surface area (Å²) < 4.78 is 37.5. The fourth-order valence-corrected chi connectivity index (χ4v) is 3.61. The molecule has 12 heteroatoms. The van der Waals surface area contributed by atoms with Gasteiger partial charge in [0.05, 0.1) is 17.0 Å². The standard InChI is InChI=1S/C18H23BrClFN4O4S/c1-18(2,3)29-17(26)22-7-8-25(4)15-9-13(23-16(24-15)30(6)27)12(21)10(19)11(20)14(9)28-5/h7-8H2,1-6H3,(H,22,26). The van der Waals surface area contributed by atoms with Crippen LogP contribution in [0.15, 0.2) is 9.63 Å². The molecule has 1 amide bonds. The number of hydrogen-bond donors (Lipinski definition) is 1. The van der Waals surface area contributed by atoms with E-state index in [9.17, 15) is 13.7 Å². The molecule has 0 radical (unpaired) electrons. The molecule has 0 saturated carbocycles. The molecular formula is C18H23BrClFN4O4S. The number of halogens is 3. The van der Waals surface area contributed by atoms with Gasteiger partial charge in [0.15, 0.2) is 11.6 Å². The molecule has 8 nitrogen and oxygen atoms in total. The van der Waals surface area contributed by atoms with Crippen LogP contribution in [0.4, 0.5) is 15.0 Å². The molecule has 1 heterocycles. The second-order valence-corrected chi connectivity index (χ2v) is 9.78. The number of benzene rings is 1. The first kappa shape index (κ1) is 24.7. The number of nitrogens with one attached hydrogen (secondary N) is 1. The van der Waals surface area contributed by atoms with E-state index in [4.69, 9.17) is 21.1 Å². The van der Waals surface area contributed by atoms with Crippen LogP contribution in [0.25, 0.3) is 10.9 Å². The van der Waals surface area contributed by atoms with Crippen molar-refractivity contribution in [3.05, 3.63) is 15.3 Å². The van der Waals surface area contributed by atoms with Crippen molar-refractivity contribution < 1.29 is 23.2 Å². The Bertz CT molecular complexity index is 958. The lowest BCUT2D eigenvalue weighted by Crippen LogP contribution is -2.37. The highest BCUT2D eigenvalue weighted by Gasteiger charge is 2.27. The molecule has 0 saturated heterocycles. The van der Waals surface area contributed by atoms with Crippen LogP contribution in [0, 0.1) is 5.82 Å². The summed E-state index contributed by atoms with van der Waals surface area (Å²) >= 11 is 7.78. The molecule has 0 fully saturated rings. The number of amides is 1. The molecule has 1 aromatic carbocycles. The van der Waals surface area contributed by atoms with E-state index in [0.29, 0.717) is 6.54 Å². The molecule has 166 valence electrons. The molecule has 0 bridgehead atoms. The SMILES string of the molecule is COc1c(Cl)c(Br)c(F)c2nc([S+](C)[O-])nc(N(C)CCNC(=O)OC(C)(C)C)c12. The van der Waals surface area contributed by atoms with Gasteiger partial charge in [-0.15, -0.1) is 0 Å². The Balaban J connectivity index is 2.45. The van der Waals surface area contributed by atoms with E-state index in [1.807, 2.05) is 0 Å². The number of methoxy groups -OCH3 is 1. The molecule has 2 rings (SSSR count). The van der Waals surface area contributed by atoms with Crippen LogP contribution in [-0.2, 0) is 15.9 Å². The molecular weight excluding hydrogens is 503 g/mol. The second kappa shape index (κ2) is 9.71. The molecule has 0 spiro atoms. The van der Waals surface area contributed by atoms with Gasteiger partial charge < -0.3 is 24.2 Å². The average molecular weight is 526 g/mol. The molecule has 1 atom stereocenters. The maximum atomic E-state index is 14.9. The van der Waals surface area contributed by atoms with Gasteiger partial charge in [-0.25, -0.2) is 9.18 Å². The lowest BCUT2D eigenvalue weighted by molar-refractivity contribution is 0.0529. The number of anilines is 1. The molecule has 0 aliphatic rings. The van der Waals surface area contributed by atoms with E-state index >= 15 is 0 Å². The van der Waals surface area contributed by atoms with E-state index in [0.717, 1.165) is 0 Å². The van der Waals surface area contributed by atoms with Crippen molar-refractivity contribution in [3.63, 3.8) is 0 Å². The summed E-state index contributed by atoms with van der Waals surface area (Å²) in [5.74, 6) is -0.275. The Morgan fingerprint density at radius 2 is 2.03 bits per heavy atom.